The van der Waals surface area contributed by atoms with Gasteiger partial charge in [0, 0.05) is 38.3 Å². The fourth-order valence-electron chi connectivity index (χ4n) is 3.90. The quantitative estimate of drug-likeness (QED) is 0.306. The number of thiazole rings is 1. The normalized spacial score (nSPS) is 12.0. The molecule has 4 rings (SSSR count). The van der Waals surface area contributed by atoms with Gasteiger partial charge in [-0.15, -0.1) is 11.3 Å². The van der Waals surface area contributed by atoms with Gasteiger partial charge in [-0.1, -0.05) is 6.07 Å². The summed E-state index contributed by atoms with van der Waals surface area (Å²) in [5, 5.41) is 2.34. The summed E-state index contributed by atoms with van der Waals surface area (Å²) in [6.07, 6.45) is -0.323. The molecule has 10 nitrogen and oxygen atoms in total. The molecule has 0 unspecified atom stereocenters. The van der Waals surface area contributed by atoms with Crippen LogP contribution in [0.5, 0.6) is 5.75 Å². The van der Waals surface area contributed by atoms with Crippen LogP contribution in [0, 0.1) is 11.6 Å². The van der Waals surface area contributed by atoms with Crippen molar-refractivity contribution in [1.29, 1.82) is 0 Å². The van der Waals surface area contributed by atoms with E-state index < -0.39 is 39.8 Å². The summed E-state index contributed by atoms with van der Waals surface area (Å²) in [6, 6.07) is 11.4. The second-order valence-electron chi connectivity index (χ2n) is 8.69. The van der Waals surface area contributed by atoms with Crippen LogP contribution >= 0.6 is 11.3 Å². The summed E-state index contributed by atoms with van der Waals surface area (Å²) < 4.78 is 62.3. The minimum atomic E-state index is -4.42. The van der Waals surface area contributed by atoms with E-state index in [0.717, 1.165) is 21.1 Å². The number of rotatable bonds is 9. The Morgan fingerprint density at radius 1 is 1.02 bits per heavy atom. The van der Waals surface area contributed by atoms with E-state index in [1.165, 1.54) is 49.6 Å². The molecule has 3 amide bonds. The maximum Gasteiger partial charge on any atom is 0.330 e. The van der Waals surface area contributed by atoms with Crippen LogP contribution in [0.4, 0.5) is 25.0 Å². The third kappa shape index (κ3) is 6.63. The molecule has 0 radical (unpaired) electrons. The molecule has 1 heterocycles. The van der Waals surface area contributed by atoms with E-state index >= 15 is 0 Å². The Kier molecular flexibility index (Phi) is 8.49. The number of nitrogens with one attached hydrogen (secondary N) is 2. The molecule has 0 saturated carbocycles. The van der Waals surface area contributed by atoms with E-state index in [-0.39, 0.29) is 17.7 Å². The van der Waals surface area contributed by atoms with Crippen molar-refractivity contribution in [2.24, 2.45) is 0 Å². The van der Waals surface area contributed by atoms with E-state index in [1.807, 2.05) is 4.72 Å². The first-order chi connectivity index (χ1) is 19.0. The first-order valence-electron chi connectivity index (χ1n) is 11.7. The highest BCUT2D eigenvalue weighted by Crippen LogP contribution is 2.25. The lowest BCUT2D eigenvalue weighted by atomic mass is 10.0. The molecule has 1 aromatic heterocycles. The Labute approximate surface area is 233 Å². The fraction of sp³-hybridized carbons (Fsp3) is 0.192. The van der Waals surface area contributed by atoms with E-state index in [2.05, 4.69) is 10.3 Å². The number of benzene rings is 3. The van der Waals surface area contributed by atoms with Crippen LogP contribution in [0.3, 0.4) is 0 Å². The number of anilines is 2. The van der Waals surface area contributed by atoms with Gasteiger partial charge >= 0.3 is 16.2 Å². The number of methoxy groups -OCH3 is 1. The van der Waals surface area contributed by atoms with Gasteiger partial charge in [-0.3, -0.25) is 9.10 Å². The van der Waals surface area contributed by atoms with Crippen LogP contribution in [-0.2, 0) is 21.4 Å². The second kappa shape index (κ2) is 11.8. The van der Waals surface area contributed by atoms with Gasteiger partial charge in [0.2, 0.25) is 5.91 Å². The topological polar surface area (TPSA) is 121 Å². The summed E-state index contributed by atoms with van der Waals surface area (Å²) in [5.74, 6) is -1.99. The molecule has 3 aromatic carbocycles. The number of nitrogens with zero attached hydrogens (tertiary/aromatic N) is 3. The van der Waals surface area contributed by atoms with Gasteiger partial charge in [-0.05, 0) is 48.0 Å². The van der Waals surface area contributed by atoms with Gasteiger partial charge < -0.3 is 15.0 Å². The van der Waals surface area contributed by atoms with Gasteiger partial charge in [0.05, 0.1) is 28.5 Å². The number of carbonyl (C=O) groups is 2. The number of likely N-dealkylation sites (N-methyl/N-ethyl adjacent to an activating group) is 1. The Bertz CT molecular complexity index is 1640. The Balaban J connectivity index is 1.57. The third-order valence-corrected chi connectivity index (χ3v) is 8.18. The number of fused-ring (bicyclic) bond motifs is 1. The van der Waals surface area contributed by atoms with Gasteiger partial charge in [0.1, 0.15) is 23.4 Å². The molecule has 14 heteroatoms. The maximum absolute atomic E-state index is 13.9. The molecule has 40 heavy (non-hydrogen) atoms. The highest BCUT2D eigenvalue weighted by molar-refractivity contribution is 7.91. The Hall–Kier alpha value is -4.30. The predicted molar refractivity (Wildman–Crippen MR) is 149 cm³/mol. The molecule has 0 spiro atoms. The van der Waals surface area contributed by atoms with Crippen LogP contribution in [0.15, 0.2) is 66.2 Å². The van der Waals surface area contributed by atoms with Crippen molar-refractivity contribution in [2.45, 2.75) is 12.5 Å². The Morgan fingerprint density at radius 2 is 1.75 bits per heavy atom. The van der Waals surface area contributed by atoms with E-state index in [4.69, 9.17) is 4.74 Å². The van der Waals surface area contributed by atoms with Crippen LogP contribution in [0.1, 0.15) is 5.56 Å². The summed E-state index contributed by atoms with van der Waals surface area (Å²) in [6.45, 7) is 0. The largest absolute Gasteiger partial charge is 0.497 e. The van der Waals surface area contributed by atoms with Gasteiger partial charge in [-0.25, -0.2) is 23.3 Å². The fourth-order valence-corrected chi connectivity index (χ4v) is 5.38. The molecule has 4 aromatic rings. The highest BCUT2D eigenvalue weighted by Gasteiger charge is 2.29. The van der Waals surface area contributed by atoms with E-state index in [9.17, 15) is 26.8 Å². The van der Waals surface area contributed by atoms with Crippen LogP contribution in [0.2, 0.25) is 0 Å². The van der Waals surface area contributed by atoms with Crippen molar-refractivity contribution in [1.82, 2.24) is 15.0 Å². The van der Waals surface area contributed by atoms with Crippen molar-refractivity contribution in [3.8, 4) is 5.75 Å². The van der Waals surface area contributed by atoms with Gasteiger partial charge in [-0.2, -0.15) is 8.42 Å². The molecule has 2 N–H and O–H groups in total. The van der Waals surface area contributed by atoms with Crippen LogP contribution in [-0.4, -0.2) is 52.6 Å². The number of amides is 3. The van der Waals surface area contributed by atoms with Crippen molar-refractivity contribution in [3.63, 3.8) is 0 Å². The summed E-state index contributed by atoms with van der Waals surface area (Å²) in [5.41, 5.74) is 3.05. The number of carbonyl (C=O) groups excluding carboxylic acids is 2. The molecule has 0 saturated heterocycles. The van der Waals surface area contributed by atoms with Crippen molar-refractivity contribution in [2.75, 3.05) is 30.4 Å². The zero-order valence-corrected chi connectivity index (χ0v) is 23.2. The molecule has 0 aliphatic rings. The first-order valence-corrected chi connectivity index (χ1v) is 14.1. The summed E-state index contributed by atoms with van der Waals surface area (Å²) in [7, 11) is -0.311. The lowest BCUT2D eigenvalue weighted by Gasteiger charge is -2.26. The second-order valence-corrected chi connectivity index (χ2v) is 11.3. The van der Waals surface area contributed by atoms with Crippen molar-refractivity contribution >= 4 is 55.1 Å². The minimum absolute atomic E-state index is 0.0795. The van der Waals surface area contributed by atoms with Crippen molar-refractivity contribution in [3.05, 3.63) is 83.4 Å². The predicted octanol–water partition coefficient (Wildman–Crippen LogP) is 3.84. The van der Waals surface area contributed by atoms with Crippen LogP contribution in [0.25, 0.3) is 10.2 Å². The standard InChI is InChI=1S/C26H25F2N5O5S2/c1-32(19-7-8-24-22(14-19)29-15-39-24)25(34)23(11-16-9-17(27)12-18(28)10-16)30-26(35)31-40(36,37)33(2)20-5-4-6-21(13-20)38-3/h4-10,12-15,23H,11H2,1-3H3,(H2,30,31,35)/t23-/m0/s1. The number of aromatic nitrogens is 1. The van der Waals surface area contributed by atoms with Crippen LogP contribution < -0.4 is 24.0 Å². The monoisotopic (exact) mass is 589 g/mol. The van der Waals surface area contributed by atoms with E-state index in [0.29, 0.717) is 23.0 Å². The SMILES string of the molecule is COc1cccc(N(C)S(=O)(=O)NC(=O)N[C@@H](Cc2cc(F)cc(F)c2)C(=O)N(C)c2ccc3scnc3c2)c1. The molecule has 0 fully saturated rings. The average molecular weight is 590 g/mol. The minimum Gasteiger partial charge on any atom is -0.497 e. The molecule has 0 bridgehead atoms. The molecule has 210 valence electrons. The van der Waals surface area contributed by atoms with E-state index in [1.54, 1.807) is 35.8 Å². The summed E-state index contributed by atoms with van der Waals surface area (Å²) in [4.78, 5) is 31.9. The first kappa shape index (κ1) is 28.7. The molecular weight excluding hydrogens is 564 g/mol. The number of halogens is 2. The highest BCUT2D eigenvalue weighted by atomic mass is 32.2. The third-order valence-electron chi connectivity index (χ3n) is 6.00. The number of hydrogen-bond donors (Lipinski definition) is 2. The molecular formula is C26H25F2N5O5S2. The van der Waals surface area contributed by atoms with Crippen molar-refractivity contribution < 1.29 is 31.5 Å². The molecule has 0 aliphatic carbocycles. The van der Waals surface area contributed by atoms with Gasteiger partial charge in [0.15, 0.2) is 0 Å². The zero-order valence-electron chi connectivity index (χ0n) is 21.6. The smallest absolute Gasteiger partial charge is 0.330 e. The average Bonchev–Trinajstić information content (AvgIpc) is 3.38. The van der Waals surface area contributed by atoms with Gasteiger partial charge in [0.25, 0.3) is 0 Å². The Morgan fingerprint density at radius 3 is 2.45 bits per heavy atom. The summed E-state index contributed by atoms with van der Waals surface area (Å²) >= 11 is 1.42. The number of hydrogen-bond acceptors (Lipinski definition) is 7. The number of urea groups is 1. The maximum atomic E-state index is 13.9. The lowest BCUT2D eigenvalue weighted by molar-refractivity contribution is -0.120. The zero-order chi connectivity index (χ0) is 29.0. The molecule has 1 atom stereocenters. The molecule has 0 aliphatic heterocycles. The lowest BCUT2D eigenvalue weighted by Crippen LogP contribution is -2.54. The number of ether oxygens (including phenoxy) is 1.